The van der Waals surface area contributed by atoms with Gasteiger partial charge in [-0.05, 0) is 69.4 Å². The van der Waals surface area contributed by atoms with Crippen LogP contribution in [0.2, 0.25) is 0 Å². The average Bonchev–Trinajstić information content (AvgIpc) is 2.51. The van der Waals surface area contributed by atoms with E-state index >= 15 is 0 Å². The lowest BCUT2D eigenvalue weighted by molar-refractivity contribution is 0.0676. The van der Waals surface area contributed by atoms with E-state index in [1.165, 1.54) is 45.2 Å². The summed E-state index contributed by atoms with van der Waals surface area (Å²) in [5.41, 5.74) is 1.34. The lowest BCUT2D eigenvalue weighted by Gasteiger charge is -2.43. The van der Waals surface area contributed by atoms with Crippen LogP contribution in [-0.2, 0) is 0 Å². The molecule has 1 heterocycles. The van der Waals surface area contributed by atoms with Gasteiger partial charge >= 0.3 is 0 Å². The topological polar surface area (TPSA) is 3.24 Å². The molecule has 0 radical (unpaired) electrons. The molecular formula is C19H39N. The SMILES string of the molecule is CCC(C)(C)CC(C)(C)N1CCCC(C)(C(C)C)CC1. The van der Waals surface area contributed by atoms with Gasteiger partial charge in [-0.1, -0.05) is 48.0 Å². The minimum absolute atomic E-state index is 0.335. The Hall–Kier alpha value is -0.0400. The second kappa shape index (κ2) is 6.38. The first kappa shape index (κ1) is 18.0. The van der Waals surface area contributed by atoms with Crippen LogP contribution in [0, 0.1) is 16.7 Å². The fourth-order valence-electron chi connectivity index (χ4n) is 3.89. The lowest BCUT2D eigenvalue weighted by Crippen LogP contribution is -2.47. The molecule has 0 bridgehead atoms. The molecule has 0 aromatic heterocycles. The molecule has 1 aliphatic rings. The van der Waals surface area contributed by atoms with Gasteiger partial charge in [0.15, 0.2) is 0 Å². The number of hydrogen-bond donors (Lipinski definition) is 0. The van der Waals surface area contributed by atoms with Gasteiger partial charge in [0.2, 0.25) is 0 Å². The van der Waals surface area contributed by atoms with Crippen molar-refractivity contribution in [2.75, 3.05) is 13.1 Å². The van der Waals surface area contributed by atoms with Crippen LogP contribution in [0.4, 0.5) is 0 Å². The van der Waals surface area contributed by atoms with Gasteiger partial charge in [-0.3, -0.25) is 4.90 Å². The maximum absolute atomic E-state index is 2.78. The highest BCUT2D eigenvalue weighted by Crippen LogP contribution is 2.41. The summed E-state index contributed by atoms with van der Waals surface area (Å²) in [6.45, 7) is 22.0. The van der Waals surface area contributed by atoms with E-state index in [0.717, 1.165) is 5.92 Å². The molecule has 1 fully saturated rings. The summed E-state index contributed by atoms with van der Waals surface area (Å²) in [6.07, 6.45) is 6.70. The number of hydrogen-bond acceptors (Lipinski definition) is 1. The predicted octanol–water partition coefficient (Wildman–Crippen LogP) is 5.74. The summed E-state index contributed by atoms with van der Waals surface area (Å²) in [7, 11) is 0. The van der Waals surface area contributed by atoms with Gasteiger partial charge in [-0.15, -0.1) is 0 Å². The highest BCUT2D eigenvalue weighted by atomic mass is 15.2. The van der Waals surface area contributed by atoms with Crippen LogP contribution in [0.25, 0.3) is 0 Å². The van der Waals surface area contributed by atoms with Gasteiger partial charge in [0, 0.05) is 5.54 Å². The Morgan fingerprint density at radius 1 is 1.05 bits per heavy atom. The summed E-state index contributed by atoms with van der Waals surface area (Å²) in [5.74, 6) is 0.803. The Bertz CT molecular complexity index is 303. The molecule has 1 saturated heterocycles. The minimum atomic E-state index is 0.335. The first-order valence-electron chi connectivity index (χ1n) is 8.77. The summed E-state index contributed by atoms with van der Waals surface area (Å²) < 4.78 is 0. The second-order valence-electron chi connectivity index (χ2n) is 9.16. The van der Waals surface area contributed by atoms with Crippen molar-refractivity contribution in [1.82, 2.24) is 4.90 Å². The van der Waals surface area contributed by atoms with Crippen molar-refractivity contribution in [3.05, 3.63) is 0 Å². The number of rotatable bonds is 5. The summed E-state index contributed by atoms with van der Waals surface area (Å²) in [6, 6.07) is 0. The van der Waals surface area contributed by atoms with Crippen LogP contribution < -0.4 is 0 Å². The third-order valence-corrected chi connectivity index (χ3v) is 6.25. The third-order valence-electron chi connectivity index (χ3n) is 6.25. The maximum atomic E-state index is 2.78. The monoisotopic (exact) mass is 281 g/mol. The smallest absolute Gasteiger partial charge is 0.0158 e. The zero-order valence-corrected chi connectivity index (χ0v) is 15.5. The van der Waals surface area contributed by atoms with Gasteiger partial charge in [0.05, 0.1) is 0 Å². The quantitative estimate of drug-likeness (QED) is 0.621. The van der Waals surface area contributed by atoms with E-state index in [0.29, 0.717) is 16.4 Å². The van der Waals surface area contributed by atoms with Crippen LogP contribution in [0.15, 0.2) is 0 Å². The highest BCUT2D eigenvalue weighted by molar-refractivity contribution is 4.91. The van der Waals surface area contributed by atoms with E-state index in [1.807, 2.05) is 0 Å². The van der Waals surface area contributed by atoms with Gasteiger partial charge in [-0.2, -0.15) is 0 Å². The molecule has 0 saturated carbocycles. The molecule has 120 valence electrons. The van der Waals surface area contributed by atoms with Crippen molar-refractivity contribution in [3.63, 3.8) is 0 Å². The average molecular weight is 282 g/mol. The molecule has 0 aliphatic carbocycles. The van der Waals surface area contributed by atoms with Crippen molar-refractivity contribution in [3.8, 4) is 0 Å². The Balaban J connectivity index is 2.73. The van der Waals surface area contributed by atoms with Crippen molar-refractivity contribution >= 4 is 0 Å². The van der Waals surface area contributed by atoms with Crippen molar-refractivity contribution < 1.29 is 0 Å². The van der Waals surface area contributed by atoms with Crippen LogP contribution in [0.3, 0.4) is 0 Å². The molecule has 1 nitrogen and oxygen atoms in total. The maximum Gasteiger partial charge on any atom is 0.0158 e. The Morgan fingerprint density at radius 2 is 1.65 bits per heavy atom. The number of nitrogens with zero attached hydrogens (tertiary/aromatic N) is 1. The predicted molar refractivity (Wildman–Crippen MR) is 91.1 cm³/mol. The van der Waals surface area contributed by atoms with Crippen LogP contribution in [0.5, 0.6) is 0 Å². The van der Waals surface area contributed by atoms with Gasteiger partial charge in [-0.25, -0.2) is 0 Å². The molecule has 1 aliphatic heterocycles. The van der Waals surface area contributed by atoms with E-state index in [1.54, 1.807) is 0 Å². The first-order chi connectivity index (χ1) is 9.02. The normalized spacial score (nSPS) is 26.9. The second-order valence-corrected chi connectivity index (χ2v) is 9.16. The Labute approximate surface area is 128 Å². The molecule has 1 rings (SSSR count). The van der Waals surface area contributed by atoms with E-state index in [-0.39, 0.29) is 0 Å². The zero-order chi connectivity index (χ0) is 15.6. The molecule has 0 N–H and O–H groups in total. The molecule has 1 atom stereocenters. The van der Waals surface area contributed by atoms with Crippen molar-refractivity contribution in [1.29, 1.82) is 0 Å². The fraction of sp³-hybridized carbons (Fsp3) is 1.00. The van der Waals surface area contributed by atoms with E-state index in [4.69, 9.17) is 0 Å². The zero-order valence-electron chi connectivity index (χ0n) is 15.5. The molecule has 1 unspecified atom stereocenters. The lowest BCUT2D eigenvalue weighted by atomic mass is 9.73. The Kier molecular flexibility index (Phi) is 5.75. The van der Waals surface area contributed by atoms with E-state index in [2.05, 4.69) is 60.3 Å². The standard InChI is InChI=1S/C19H39N/c1-9-17(4,5)15-18(6,7)20-13-10-11-19(8,12-14-20)16(2)3/h16H,9-15H2,1-8H3. The van der Waals surface area contributed by atoms with Crippen LogP contribution >= 0.6 is 0 Å². The van der Waals surface area contributed by atoms with Gasteiger partial charge < -0.3 is 0 Å². The highest BCUT2D eigenvalue weighted by Gasteiger charge is 2.37. The molecule has 0 amide bonds. The van der Waals surface area contributed by atoms with Crippen molar-refractivity contribution in [2.24, 2.45) is 16.7 Å². The summed E-state index contributed by atoms with van der Waals surface area (Å²) >= 11 is 0. The molecule has 0 spiro atoms. The minimum Gasteiger partial charge on any atom is -0.298 e. The molecule has 20 heavy (non-hydrogen) atoms. The molecular weight excluding hydrogens is 242 g/mol. The molecule has 1 heteroatoms. The largest absolute Gasteiger partial charge is 0.298 e. The summed E-state index contributed by atoms with van der Waals surface area (Å²) in [4.78, 5) is 2.78. The Morgan fingerprint density at radius 3 is 2.15 bits per heavy atom. The molecule has 0 aromatic rings. The van der Waals surface area contributed by atoms with Gasteiger partial charge in [0.1, 0.15) is 0 Å². The van der Waals surface area contributed by atoms with Gasteiger partial charge in [0.25, 0.3) is 0 Å². The fourth-order valence-corrected chi connectivity index (χ4v) is 3.89. The van der Waals surface area contributed by atoms with E-state index in [9.17, 15) is 0 Å². The van der Waals surface area contributed by atoms with E-state index < -0.39 is 0 Å². The number of likely N-dealkylation sites (tertiary alicyclic amines) is 1. The van der Waals surface area contributed by atoms with Crippen LogP contribution in [-0.4, -0.2) is 23.5 Å². The van der Waals surface area contributed by atoms with Crippen molar-refractivity contribution in [2.45, 2.75) is 93.0 Å². The molecule has 0 aromatic carbocycles. The summed E-state index contributed by atoms with van der Waals surface area (Å²) in [5, 5.41) is 0. The van der Waals surface area contributed by atoms with Crippen LogP contribution in [0.1, 0.15) is 87.5 Å². The first-order valence-corrected chi connectivity index (χ1v) is 8.77. The third kappa shape index (κ3) is 4.48.